The van der Waals surface area contributed by atoms with E-state index in [1.807, 2.05) is 13.0 Å². The Labute approximate surface area is 119 Å². The summed E-state index contributed by atoms with van der Waals surface area (Å²) in [6, 6.07) is 7.63. The molecule has 0 spiro atoms. The Morgan fingerprint density at radius 2 is 2.25 bits per heavy atom. The molecule has 4 nitrogen and oxygen atoms in total. The maximum absolute atomic E-state index is 5.52. The van der Waals surface area contributed by atoms with Crippen molar-refractivity contribution in [2.45, 2.75) is 44.7 Å². The Morgan fingerprint density at radius 3 is 3.20 bits per heavy atom. The molecule has 2 fully saturated rings. The van der Waals surface area contributed by atoms with E-state index >= 15 is 0 Å². The second-order valence-electron chi connectivity index (χ2n) is 6.11. The number of benzene rings is 1. The number of oxazole rings is 1. The second-order valence-corrected chi connectivity index (χ2v) is 6.11. The summed E-state index contributed by atoms with van der Waals surface area (Å²) in [6.07, 6.45) is 5.27. The standard InChI is InChI=1S/C16H21N3O/c1-11-17-15-10-12(4-5-16(15)20-11)18-13-6-8-19-7-2-3-14(19)9-13/h4-5,10,13-14,18H,2-3,6-9H2,1H3. The van der Waals surface area contributed by atoms with Gasteiger partial charge in [-0.15, -0.1) is 0 Å². The number of anilines is 1. The van der Waals surface area contributed by atoms with Gasteiger partial charge in [-0.3, -0.25) is 0 Å². The average molecular weight is 271 g/mol. The number of hydrogen-bond donors (Lipinski definition) is 1. The van der Waals surface area contributed by atoms with Crippen LogP contribution in [0.1, 0.15) is 31.6 Å². The van der Waals surface area contributed by atoms with Gasteiger partial charge in [-0.2, -0.15) is 0 Å². The van der Waals surface area contributed by atoms with Gasteiger partial charge in [0.25, 0.3) is 0 Å². The molecule has 4 rings (SSSR count). The van der Waals surface area contributed by atoms with Gasteiger partial charge >= 0.3 is 0 Å². The van der Waals surface area contributed by atoms with E-state index in [4.69, 9.17) is 4.42 Å². The highest BCUT2D eigenvalue weighted by Crippen LogP contribution is 2.29. The molecular weight excluding hydrogens is 250 g/mol. The third-order valence-corrected chi connectivity index (χ3v) is 4.69. The van der Waals surface area contributed by atoms with Crippen molar-refractivity contribution in [2.75, 3.05) is 18.4 Å². The predicted molar refractivity (Wildman–Crippen MR) is 80.0 cm³/mol. The van der Waals surface area contributed by atoms with Crippen molar-refractivity contribution >= 4 is 16.8 Å². The summed E-state index contributed by atoms with van der Waals surface area (Å²) in [5, 5.41) is 3.69. The maximum Gasteiger partial charge on any atom is 0.192 e. The molecule has 1 aromatic heterocycles. The summed E-state index contributed by atoms with van der Waals surface area (Å²) < 4.78 is 5.52. The molecule has 20 heavy (non-hydrogen) atoms. The monoisotopic (exact) mass is 271 g/mol. The number of aryl methyl sites for hydroxylation is 1. The van der Waals surface area contributed by atoms with Crippen LogP contribution in [0.2, 0.25) is 0 Å². The second kappa shape index (κ2) is 4.77. The first-order chi connectivity index (χ1) is 9.78. The lowest BCUT2D eigenvalue weighted by atomic mass is 9.97. The Balaban J connectivity index is 1.49. The van der Waals surface area contributed by atoms with Gasteiger partial charge in [0.2, 0.25) is 0 Å². The third-order valence-electron chi connectivity index (χ3n) is 4.69. The van der Waals surface area contributed by atoms with Crippen molar-refractivity contribution in [2.24, 2.45) is 0 Å². The zero-order valence-electron chi connectivity index (χ0n) is 11.9. The van der Waals surface area contributed by atoms with Crippen molar-refractivity contribution in [3.05, 3.63) is 24.1 Å². The van der Waals surface area contributed by atoms with Crippen molar-refractivity contribution in [3.63, 3.8) is 0 Å². The largest absolute Gasteiger partial charge is 0.441 e. The number of aromatic nitrogens is 1. The van der Waals surface area contributed by atoms with Crippen LogP contribution in [0.3, 0.4) is 0 Å². The molecule has 0 bridgehead atoms. The van der Waals surface area contributed by atoms with Crippen LogP contribution in [0.4, 0.5) is 5.69 Å². The van der Waals surface area contributed by atoms with Crippen LogP contribution in [-0.2, 0) is 0 Å². The van der Waals surface area contributed by atoms with Crippen molar-refractivity contribution in [1.82, 2.24) is 9.88 Å². The molecule has 1 N–H and O–H groups in total. The highest BCUT2D eigenvalue weighted by Gasteiger charge is 2.31. The molecule has 4 heteroatoms. The lowest BCUT2D eigenvalue weighted by Gasteiger charge is -2.35. The molecule has 2 saturated heterocycles. The zero-order valence-corrected chi connectivity index (χ0v) is 11.9. The van der Waals surface area contributed by atoms with E-state index in [-0.39, 0.29) is 0 Å². The fourth-order valence-corrected chi connectivity index (χ4v) is 3.72. The molecule has 2 atom stereocenters. The summed E-state index contributed by atoms with van der Waals surface area (Å²) in [6.45, 7) is 4.44. The first-order valence-electron chi connectivity index (χ1n) is 7.66. The summed E-state index contributed by atoms with van der Waals surface area (Å²) in [4.78, 5) is 7.06. The number of rotatable bonds is 2. The molecule has 0 aliphatic carbocycles. The van der Waals surface area contributed by atoms with E-state index < -0.39 is 0 Å². The van der Waals surface area contributed by atoms with Gasteiger partial charge in [-0.05, 0) is 50.4 Å². The molecule has 3 heterocycles. The molecule has 2 aliphatic rings. The zero-order chi connectivity index (χ0) is 13.5. The fraction of sp³-hybridized carbons (Fsp3) is 0.562. The van der Waals surface area contributed by atoms with E-state index in [0.29, 0.717) is 6.04 Å². The minimum absolute atomic E-state index is 0.597. The van der Waals surface area contributed by atoms with Gasteiger partial charge in [0.15, 0.2) is 11.5 Å². The summed E-state index contributed by atoms with van der Waals surface area (Å²) in [5.41, 5.74) is 2.99. The minimum atomic E-state index is 0.597. The van der Waals surface area contributed by atoms with Gasteiger partial charge in [0.1, 0.15) is 5.52 Å². The van der Waals surface area contributed by atoms with Crippen LogP contribution in [0.15, 0.2) is 22.6 Å². The fourth-order valence-electron chi connectivity index (χ4n) is 3.72. The molecule has 106 valence electrons. The van der Waals surface area contributed by atoms with Crippen LogP contribution in [0, 0.1) is 6.92 Å². The normalized spacial score (nSPS) is 26.9. The number of piperidine rings is 1. The third kappa shape index (κ3) is 2.18. The lowest BCUT2D eigenvalue weighted by molar-refractivity contribution is 0.188. The molecule has 0 amide bonds. The van der Waals surface area contributed by atoms with Gasteiger partial charge < -0.3 is 14.6 Å². The predicted octanol–water partition coefficient (Wildman–Crippen LogP) is 3.17. The molecule has 0 saturated carbocycles. The van der Waals surface area contributed by atoms with Crippen LogP contribution >= 0.6 is 0 Å². The molecule has 2 aliphatic heterocycles. The van der Waals surface area contributed by atoms with E-state index in [2.05, 4.69) is 27.3 Å². The Morgan fingerprint density at radius 1 is 1.30 bits per heavy atom. The quantitative estimate of drug-likeness (QED) is 0.911. The highest BCUT2D eigenvalue weighted by atomic mass is 16.3. The maximum atomic E-state index is 5.52. The number of fused-ring (bicyclic) bond motifs is 2. The van der Waals surface area contributed by atoms with Gasteiger partial charge in [0.05, 0.1) is 0 Å². The van der Waals surface area contributed by atoms with Crippen LogP contribution in [0.5, 0.6) is 0 Å². The first kappa shape index (κ1) is 12.2. The van der Waals surface area contributed by atoms with E-state index in [0.717, 1.165) is 23.0 Å². The molecule has 1 aromatic carbocycles. The van der Waals surface area contributed by atoms with E-state index in [1.165, 1.54) is 44.5 Å². The molecular formula is C16H21N3O. The Bertz CT molecular complexity index is 621. The smallest absolute Gasteiger partial charge is 0.192 e. The molecule has 0 radical (unpaired) electrons. The van der Waals surface area contributed by atoms with Crippen LogP contribution in [0.25, 0.3) is 11.1 Å². The average Bonchev–Trinajstić information content (AvgIpc) is 3.02. The van der Waals surface area contributed by atoms with Crippen molar-refractivity contribution in [1.29, 1.82) is 0 Å². The molecule has 2 aromatic rings. The Hall–Kier alpha value is -1.55. The number of nitrogens with one attached hydrogen (secondary N) is 1. The van der Waals surface area contributed by atoms with Crippen LogP contribution < -0.4 is 5.32 Å². The van der Waals surface area contributed by atoms with Gasteiger partial charge in [-0.25, -0.2) is 4.98 Å². The van der Waals surface area contributed by atoms with Gasteiger partial charge in [0, 0.05) is 31.2 Å². The summed E-state index contributed by atoms with van der Waals surface area (Å²) >= 11 is 0. The SMILES string of the molecule is Cc1nc2cc(NC3CCN4CCCC4C3)ccc2o1. The van der Waals surface area contributed by atoms with E-state index in [1.54, 1.807) is 0 Å². The molecule has 2 unspecified atom stereocenters. The van der Waals surface area contributed by atoms with E-state index in [9.17, 15) is 0 Å². The number of nitrogens with zero attached hydrogens (tertiary/aromatic N) is 2. The minimum Gasteiger partial charge on any atom is -0.441 e. The lowest BCUT2D eigenvalue weighted by Crippen LogP contribution is -2.42. The topological polar surface area (TPSA) is 41.3 Å². The Kier molecular flexibility index (Phi) is 2.91. The summed E-state index contributed by atoms with van der Waals surface area (Å²) in [5.74, 6) is 0.733. The van der Waals surface area contributed by atoms with Crippen LogP contribution in [-0.4, -0.2) is 35.1 Å². The van der Waals surface area contributed by atoms with Crippen molar-refractivity contribution < 1.29 is 4.42 Å². The number of hydrogen-bond acceptors (Lipinski definition) is 4. The van der Waals surface area contributed by atoms with Gasteiger partial charge in [-0.1, -0.05) is 0 Å². The summed E-state index contributed by atoms with van der Waals surface area (Å²) in [7, 11) is 0. The highest BCUT2D eigenvalue weighted by molar-refractivity contribution is 5.77. The van der Waals surface area contributed by atoms with Crippen molar-refractivity contribution in [3.8, 4) is 0 Å². The first-order valence-corrected chi connectivity index (χ1v) is 7.66.